The number of imide groups is 1. The Kier molecular flexibility index (Phi) is 6.24. The van der Waals surface area contributed by atoms with Gasteiger partial charge in [0, 0.05) is 11.1 Å². The maximum Gasteiger partial charge on any atom is 0.340 e. The van der Waals surface area contributed by atoms with Crippen molar-refractivity contribution in [2.75, 3.05) is 6.61 Å². The first-order chi connectivity index (χ1) is 11.0. The second kappa shape index (κ2) is 8.17. The van der Waals surface area contributed by atoms with Crippen LogP contribution in [0.25, 0.3) is 0 Å². The zero-order valence-electron chi connectivity index (χ0n) is 12.2. The zero-order valence-corrected chi connectivity index (χ0v) is 13.7. The molecule has 1 fully saturated rings. The van der Waals surface area contributed by atoms with Crippen LogP contribution >= 0.6 is 23.2 Å². The van der Waals surface area contributed by atoms with E-state index in [1.165, 1.54) is 18.2 Å². The number of hydrogen-bond donors (Lipinski definition) is 2. The molecular formula is C15H16Cl2N2O4. The van der Waals surface area contributed by atoms with E-state index in [-0.39, 0.29) is 16.6 Å². The molecule has 0 heterocycles. The number of urea groups is 1. The Morgan fingerprint density at radius 1 is 1.17 bits per heavy atom. The number of halogens is 2. The van der Waals surface area contributed by atoms with E-state index in [1.807, 2.05) is 0 Å². The Hall–Kier alpha value is -1.79. The number of esters is 1. The summed E-state index contributed by atoms with van der Waals surface area (Å²) < 4.78 is 4.82. The lowest BCUT2D eigenvalue weighted by atomic mass is 10.2. The van der Waals surface area contributed by atoms with Gasteiger partial charge >= 0.3 is 12.0 Å². The number of ether oxygens (including phenoxy) is 1. The lowest BCUT2D eigenvalue weighted by Gasteiger charge is -2.12. The largest absolute Gasteiger partial charge is 0.452 e. The van der Waals surface area contributed by atoms with E-state index in [0.717, 1.165) is 25.7 Å². The molecule has 1 saturated carbocycles. The highest BCUT2D eigenvalue weighted by atomic mass is 35.5. The number of carbonyl (C=O) groups is 3. The van der Waals surface area contributed by atoms with Crippen LogP contribution in [-0.2, 0) is 9.53 Å². The summed E-state index contributed by atoms with van der Waals surface area (Å²) >= 11 is 11.6. The summed E-state index contributed by atoms with van der Waals surface area (Å²) in [5, 5.41) is 5.30. The maximum atomic E-state index is 11.8. The van der Waals surface area contributed by atoms with Crippen molar-refractivity contribution in [2.24, 2.45) is 0 Å². The molecular weight excluding hydrogens is 343 g/mol. The molecule has 0 atom stereocenters. The first-order valence-electron chi connectivity index (χ1n) is 7.18. The van der Waals surface area contributed by atoms with Gasteiger partial charge in [0.1, 0.15) is 0 Å². The van der Waals surface area contributed by atoms with Crippen LogP contribution in [0.4, 0.5) is 4.79 Å². The van der Waals surface area contributed by atoms with Gasteiger partial charge in [0.25, 0.3) is 5.91 Å². The summed E-state index contributed by atoms with van der Waals surface area (Å²) in [7, 11) is 0. The Labute approximate surface area is 143 Å². The minimum absolute atomic E-state index is 0.0578. The van der Waals surface area contributed by atoms with Crippen LogP contribution in [-0.4, -0.2) is 30.6 Å². The minimum Gasteiger partial charge on any atom is -0.452 e. The molecule has 0 saturated heterocycles. The molecule has 0 bridgehead atoms. The Morgan fingerprint density at radius 3 is 2.57 bits per heavy atom. The van der Waals surface area contributed by atoms with Crippen molar-refractivity contribution in [3.63, 3.8) is 0 Å². The Balaban J connectivity index is 1.78. The van der Waals surface area contributed by atoms with Gasteiger partial charge in [-0.3, -0.25) is 10.1 Å². The van der Waals surface area contributed by atoms with Crippen molar-refractivity contribution in [3.8, 4) is 0 Å². The number of hydrogen-bond acceptors (Lipinski definition) is 4. The fourth-order valence-electron chi connectivity index (χ4n) is 2.32. The summed E-state index contributed by atoms with van der Waals surface area (Å²) in [6.07, 6.45) is 3.95. The average Bonchev–Trinajstić information content (AvgIpc) is 3.00. The fourth-order valence-corrected chi connectivity index (χ4v) is 2.68. The third-order valence-corrected chi connectivity index (χ3v) is 3.99. The van der Waals surface area contributed by atoms with Crippen LogP contribution in [0.2, 0.25) is 10.0 Å². The van der Waals surface area contributed by atoms with Gasteiger partial charge in [0.15, 0.2) is 6.61 Å². The highest BCUT2D eigenvalue weighted by Crippen LogP contribution is 2.21. The van der Waals surface area contributed by atoms with Crippen LogP contribution in [0, 0.1) is 0 Å². The second-order valence-corrected chi connectivity index (χ2v) is 6.05. The number of rotatable bonds is 4. The van der Waals surface area contributed by atoms with E-state index in [0.29, 0.717) is 5.02 Å². The molecule has 2 rings (SSSR count). The number of amides is 3. The fraction of sp³-hybridized carbons (Fsp3) is 0.400. The summed E-state index contributed by atoms with van der Waals surface area (Å²) in [6.45, 7) is -0.584. The molecule has 0 aliphatic heterocycles. The molecule has 0 spiro atoms. The molecule has 124 valence electrons. The van der Waals surface area contributed by atoms with Crippen LogP contribution in [0.3, 0.4) is 0 Å². The molecule has 1 aromatic carbocycles. The van der Waals surface area contributed by atoms with Crippen LogP contribution in [0.15, 0.2) is 18.2 Å². The normalized spacial score (nSPS) is 14.3. The molecule has 6 nitrogen and oxygen atoms in total. The van der Waals surface area contributed by atoms with E-state index in [9.17, 15) is 14.4 Å². The Morgan fingerprint density at radius 2 is 1.87 bits per heavy atom. The molecule has 1 aromatic rings. The SMILES string of the molecule is O=C(COC(=O)c1cc(Cl)ccc1Cl)NC(=O)NC1CCCC1. The molecule has 2 N–H and O–H groups in total. The number of benzene rings is 1. The molecule has 3 amide bonds. The average molecular weight is 359 g/mol. The summed E-state index contributed by atoms with van der Waals surface area (Å²) in [5.41, 5.74) is 0.0578. The lowest BCUT2D eigenvalue weighted by Crippen LogP contribution is -2.45. The van der Waals surface area contributed by atoms with Gasteiger partial charge in [-0.05, 0) is 31.0 Å². The van der Waals surface area contributed by atoms with E-state index >= 15 is 0 Å². The predicted molar refractivity (Wildman–Crippen MR) is 85.7 cm³/mol. The molecule has 0 aromatic heterocycles. The topological polar surface area (TPSA) is 84.5 Å². The van der Waals surface area contributed by atoms with Gasteiger partial charge < -0.3 is 10.1 Å². The summed E-state index contributed by atoms with van der Waals surface area (Å²) in [5.74, 6) is -1.50. The standard InChI is InChI=1S/C15H16Cl2N2O4/c16-9-5-6-12(17)11(7-9)14(21)23-8-13(20)19-15(22)18-10-3-1-2-4-10/h5-7,10H,1-4,8H2,(H2,18,19,20,22). The quantitative estimate of drug-likeness (QED) is 0.810. The Bertz CT molecular complexity index is 615. The van der Waals surface area contributed by atoms with Gasteiger partial charge in [-0.25, -0.2) is 9.59 Å². The van der Waals surface area contributed by atoms with Crippen molar-refractivity contribution < 1.29 is 19.1 Å². The van der Waals surface area contributed by atoms with Crippen molar-refractivity contribution in [1.82, 2.24) is 10.6 Å². The summed E-state index contributed by atoms with van der Waals surface area (Å²) in [6, 6.07) is 3.84. The molecule has 1 aliphatic carbocycles. The van der Waals surface area contributed by atoms with Crippen molar-refractivity contribution >= 4 is 41.1 Å². The van der Waals surface area contributed by atoms with E-state index in [2.05, 4.69) is 10.6 Å². The van der Waals surface area contributed by atoms with E-state index in [1.54, 1.807) is 0 Å². The van der Waals surface area contributed by atoms with Crippen LogP contribution in [0.1, 0.15) is 36.0 Å². The predicted octanol–water partition coefficient (Wildman–Crippen LogP) is 2.92. The smallest absolute Gasteiger partial charge is 0.340 e. The molecule has 23 heavy (non-hydrogen) atoms. The molecule has 0 unspecified atom stereocenters. The van der Waals surface area contributed by atoms with E-state index < -0.39 is 24.5 Å². The van der Waals surface area contributed by atoms with Crippen LogP contribution in [0.5, 0.6) is 0 Å². The van der Waals surface area contributed by atoms with Crippen molar-refractivity contribution in [1.29, 1.82) is 0 Å². The van der Waals surface area contributed by atoms with E-state index in [4.69, 9.17) is 27.9 Å². The van der Waals surface area contributed by atoms with Crippen molar-refractivity contribution in [2.45, 2.75) is 31.7 Å². The molecule has 1 aliphatic rings. The number of carbonyl (C=O) groups excluding carboxylic acids is 3. The van der Waals surface area contributed by atoms with Gasteiger partial charge in [0.2, 0.25) is 0 Å². The highest BCUT2D eigenvalue weighted by molar-refractivity contribution is 6.35. The van der Waals surface area contributed by atoms with Gasteiger partial charge in [0.05, 0.1) is 10.6 Å². The third-order valence-electron chi connectivity index (χ3n) is 3.43. The first-order valence-corrected chi connectivity index (χ1v) is 7.94. The van der Waals surface area contributed by atoms with Crippen LogP contribution < -0.4 is 10.6 Å². The lowest BCUT2D eigenvalue weighted by molar-refractivity contribution is -0.123. The highest BCUT2D eigenvalue weighted by Gasteiger charge is 2.19. The van der Waals surface area contributed by atoms with Gasteiger partial charge in [-0.1, -0.05) is 36.0 Å². The molecule has 8 heteroatoms. The first kappa shape index (κ1) is 17.6. The third kappa shape index (κ3) is 5.41. The maximum absolute atomic E-state index is 11.8. The minimum atomic E-state index is -0.788. The van der Waals surface area contributed by atoms with Gasteiger partial charge in [-0.2, -0.15) is 0 Å². The zero-order chi connectivity index (χ0) is 16.8. The number of nitrogens with one attached hydrogen (secondary N) is 2. The summed E-state index contributed by atoms with van der Waals surface area (Å²) in [4.78, 5) is 35.0. The molecule has 0 radical (unpaired) electrons. The van der Waals surface area contributed by atoms with Crippen molar-refractivity contribution in [3.05, 3.63) is 33.8 Å². The second-order valence-electron chi connectivity index (χ2n) is 5.20. The monoisotopic (exact) mass is 358 g/mol. The van der Waals surface area contributed by atoms with Gasteiger partial charge in [-0.15, -0.1) is 0 Å².